The molecule has 7 heteroatoms. The molecule has 0 unspecified atom stereocenters. The molecule has 0 fully saturated rings. The number of carbonyl (C=O) groups is 1. The molecular formula is C14H14N4O3. The molecule has 2 rings (SSSR count). The molecule has 0 saturated heterocycles. The summed E-state index contributed by atoms with van der Waals surface area (Å²) in [5.41, 5.74) is 6.10. The van der Waals surface area contributed by atoms with Gasteiger partial charge in [0, 0.05) is 12.6 Å². The van der Waals surface area contributed by atoms with Crippen LogP contribution >= 0.6 is 0 Å². The van der Waals surface area contributed by atoms with Gasteiger partial charge >= 0.3 is 0 Å². The van der Waals surface area contributed by atoms with E-state index in [0.717, 1.165) is 24.2 Å². The number of aromatic nitrogens is 1. The second kappa shape index (κ2) is 6.47. The van der Waals surface area contributed by atoms with Crippen molar-refractivity contribution in [1.82, 2.24) is 4.98 Å². The summed E-state index contributed by atoms with van der Waals surface area (Å²) in [6.45, 7) is 0.537. The SMILES string of the molecule is NC(=O)c1cc([N+](=O)[O-])cnc1NCCc1ccccc1. The minimum Gasteiger partial charge on any atom is -0.369 e. The van der Waals surface area contributed by atoms with E-state index >= 15 is 0 Å². The normalized spacial score (nSPS) is 10.1. The van der Waals surface area contributed by atoms with Gasteiger partial charge < -0.3 is 11.1 Å². The highest BCUT2D eigenvalue weighted by atomic mass is 16.6. The van der Waals surface area contributed by atoms with Crippen LogP contribution in [0, 0.1) is 10.1 Å². The van der Waals surface area contributed by atoms with Crippen molar-refractivity contribution in [3.8, 4) is 0 Å². The standard InChI is InChI=1S/C14H14N4O3/c15-13(19)12-8-11(18(20)21)9-17-14(12)16-7-6-10-4-2-1-3-5-10/h1-5,8-9H,6-7H2,(H2,15,19)(H,16,17). The molecule has 1 heterocycles. The number of amides is 1. The lowest BCUT2D eigenvalue weighted by Crippen LogP contribution is -2.17. The summed E-state index contributed by atoms with van der Waals surface area (Å²) in [5.74, 6) is -0.502. The van der Waals surface area contributed by atoms with Gasteiger partial charge in [0.25, 0.3) is 11.6 Å². The maximum absolute atomic E-state index is 11.3. The molecule has 0 aliphatic heterocycles. The lowest BCUT2D eigenvalue weighted by atomic mass is 10.1. The van der Waals surface area contributed by atoms with Crippen molar-refractivity contribution >= 4 is 17.4 Å². The van der Waals surface area contributed by atoms with Gasteiger partial charge in [0.2, 0.25) is 0 Å². The Labute approximate surface area is 121 Å². The first-order valence-corrected chi connectivity index (χ1v) is 6.30. The van der Waals surface area contributed by atoms with Crippen molar-refractivity contribution in [1.29, 1.82) is 0 Å². The van der Waals surface area contributed by atoms with Gasteiger partial charge in [-0.1, -0.05) is 30.3 Å². The van der Waals surface area contributed by atoms with E-state index < -0.39 is 10.8 Å². The molecule has 0 radical (unpaired) electrons. The van der Waals surface area contributed by atoms with Crippen LogP contribution in [0.4, 0.5) is 11.5 Å². The third-order valence-corrected chi connectivity index (χ3v) is 2.90. The highest BCUT2D eigenvalue weighted by Gasteiger charge is 2.15. The number of primary amides is 1. The summed E-state index contributed by atoms with van der Waals surface area (Å²) in [5, 5.41) is 13.7. The Morgan fingerprint density at radius 2 is 2.05 bits per heavy atom. The predicted octanol–water partition coefficient (Wildman–Crippen LogP) is 1.74. The van der Waals surface area contributed by atoms with Crippen LogP contribution in [0.3, 0.4) is 0 Å². The topological polar surface area (TPSA) is 111 Å². The van der Waals surface area contributed by atoms with Crippen LogP contribution < -0.4 is 11.1 Å². The van der Waals surface area contributed by atoms with Crippen LogP contribution in [-0.4, -0.2) is 22.4 Å². The first kappa shape index (κ1) is 14.4. The third-order valence-electron chi connectivity index (χ3n) is 2.90. The zero-order valence-corrected chi connectivity index (χ0v) is 11.2. The summed E-state index contributed by atoms with van der Waals surface area (Å²) in [7, 11) is 0. The minimum absolute atomic E-state index is 0.0114. The average molecular weight is 286 g/mol. The molecule has 7 nitrogen and oxygen atoms in total. The Kier molecular flexibility index (Phi) is 4.45. The molecule has 1 aromatic carbocycles. The van der Waals surface area contributed by atoms with Gasteiger partial charge in [0.1, 0.15) is 12.0 Å². The highest BCUT2D eigenvalue weighted by molar-refractivity contribution is 5.98. The maximum Gasteiger partial charge on any atom is 0.288 e. The van der Waals surface area contributed by atoms with Gasteiger partial charge in [-0.3, -0.25) is 14.9 Å². The number of rotatable bonds is 6. The second-order valence-electron chi connectivity index (χ2n) is 4.37. The number of hydrogen-bond donors (Lipinski definition) is 2. The molecule has 21 heavy (non-hydrogen) atoms. The molecule has 0 aliphatic carbocycles. The lowest BCUT2D eigenvalue weighted by molar-refractivity contribution is -0.385. The van der Waals surface area contributed by atoms with Crippen LogP contribution in [0.1, 0.15) is 15.9 Å². The van der Waals surface area contributed by atoms with Gasteiger partial charge in [0.15, 0.2) is 0 Å². The van der Waals surface area contributed by atoms with Gasteiger partial charge in [-0.05, 0) is 12.0 Å². The second-order valence-corrected chi connectivity index (χ2v) is 4.37. The Balaban J connectivity index is 2.09. The van der Waals surface area contributed by atoms with Crippen LogP contribution in [-0.2, 0) is 6.42 Å². The number of anilines is 1. The monoisotopic (exact) mass is 286 g/mol. The first-order valence-electron chi connectivity index (χ1n) is 6.30. The van der Waals surface area contributed by atoms with E-state index in [1.54, 1.807) is 0 Å². The molecular weight excluding hydrogens is 272 g/mol. The number of hydrogen-bond acceptors (Lipinski definition) is 5. The minimum atomic E-state index is -0.756. The number of benzene rings is 1. The van der Waals surface area contributed by atoms with E-state index in [9.17, 15) is 14.9 Å². The van der Waals surface area contributed by atoms with Crippen molar-refractivity contribution < 1.29 is 9.72 Å². The van der Waals surface area contributed by atoms with Crippen molar-refractivity contribution in [2.75, 3.05) is 11.9 Å². The predicted molar refractivity (Wildman–Crippen MR) is 78.0 cm³/mol. The van der Waals surface area contributed by atoms with E-state index in [1.165, 1.54) is 0 Å². The Morgan fingerprint density at radius 3 is 2.67 bits per heavy atom. The number of nitrogens with two attached hydrogens (primary N) is 1. The molecule has 0 atom stereocenters. The fourth-order valence-corrected chi connectivity index (χ4v) is 1.85. The summed E-state index contributed by atoms with van der Waals surface area (Å²) in [4.78, 5) is 25.3. The smallest absolute Gasteiger partial charge is 0.288 e. The maximum atomic E-state index is 11.3. The fourth-order valence-electron chi connectivity index (χ4n) is 1.85. The largest absolute Gasteiger partial charge is 0.369 e. The van der Waals surface area contributed by atoms with E-state index in [-0.39, 0.29) is 17.1 Å². The molecule has 2 aromatic rings. The van der Waals surface area contributed by atoms with E-state index in [1.807, 2.05) is 30.3 Å². The van der Waals surface area contributed by atoms with E-state index in [2.05, 4.69) is 10.3 Å². The van der Waals surface area contributed by atoms with Crippen molar-refractivity contribution in [3.05, 3.63) is 63.8 Å². The third kappa shape index (κ3) is 3.75. The van der Waals surface area contributed by atoms with Crippen molar-refractivity contribution in [2.45, 2.75) is 6.42 Å². The van der Waals surface area contributed by atoms with Crippen LogP contribution in [0.5, 0.6) is 0 Å². The molecule has 0 saturated carbocycles. The Bertz CT molecular complexity index is 659. The van der Waals surface area contributed by atoms with Gasteiger partial charge in [0.05, 0.1) is 10.5 Å². The van der Waals surface area contributed by atoms with Crippen LogP contribution in [0.2, 0.25) is 0 Å². The zero-order chi connectivity index (χ0) is 15.2. The number of pyridine rings is 1. The Hall–Kier alpha value is -2.96. The summed E-state index contributed by atoms with van der Waals surface area (Å²) < 4.78 is 0. The summed E-state index contributed by atoms with van der Waals surface area (Å²) >= 11 is 0. The van der Waals surface area contributed by atoms with Crippen LogP contribution in [0.25, 0.3) is 0 Å². The average Bonchev–Trinajstić information content (AvgIpc) is 2.48. The molecule has 108 valence electrons. The molecule has 1 aromatic heterocycles. The number of nitrogens with zero attached hydrogens (tertiary/aromatic N) is 2. The highest BCUT2D eigenvalue weighted by Crippen LogP contribution is 2.18. The number of nitrogens with one attached hydrogen (secondary N) is 1. The van der Waals surface area contributed by atoms with E-state index in [4.69, 9.17) is 5.73 Å². The Morgan fingerprint density at radius 1 is 1.33 bits per heavy atom. The van der Waals surface area contributed by atoms with Gasteiger partial charge in [-0.2, -0.15) is 0 Å². The molecule has 1 amide bonds. The quantitative estimate of drug-likeness (QED) is 0.620. The zero-order valence-electron chi connectivity index (χ0n) is 11.2. The van der Waals surface area contributed by atoms with E-state index in [0.29, 0.717) is 6.54 Å². The summed E-state index contributed by atoms with van der Waals surface area (Å²) in [6.07, 6.45) is 1.83. The molecule has 0 spiro atoms. The summed E-state index contributed by atoms with van der Waals surface area (Å²) in [6, 6.07) is 10.9. The lowest BCUT2D eigenvalue weighted by Gasteiger charge is -2.08. The molecule has 0 aliphatic rings. The number of carbonyl (C=O) groups excluding carboxylic acids is 1. The number of nitro groups is 1. The molecule has 0 bridgehead atoms. The van der Waals surface area contributed by atoms with Crippen molar-refractivity contribution in [3.63, 3.8) is 0 Å². The molecule has 3 N–H and O–H groups in total. The van der Waals surface area contributed by atoms with Crippen LogP contribution in [0.15, 0.2) is 42.6 Å². The van der Waals surface area contributed by atoms with Gasteiger partial charge in [-0.25, -0.2) is 4.98 Å². The van der Waals surface area contributed by atoms with Crippen molar-refractivity contribution in [2.24, 2.45) is 5.73 Å². The first-order chi connectivity index (χ1) is 10.1. The fraction of sp³-hybridized carbons (Fsp3) is 0.143. The van der Waals surface area contributed by atoms with Gasteiger partial charge in [-0.15, -0.1) is 0 Å².